The number of rotatable bonds is 7. The molecule has 1 fully saturated rings. The standard InChI is InChI=1S/C16H24FN3O3.2ClH/c1-22-11-14(18)16(21)19-10-15(20-6-8-23-9-7-20)12-2-4-13(17)5-3-12;;/h2-5,14-15H,6-11,18H2,1H3,(H,19,21);2*1H. The smallest absolute Gasteiger partial charge is 0.239 e. The third-order valence-corrected chi connectivity index (χ3v) is 3.89. The van der Waals surface area contributed by atoms with Gasteiger partial charge >= 0.3 is 0 Å². The van der Waals surface area contributed by atoms with Gasteiger partial charge in [0.25, 0.3) is 0 Å². The largest absolute Gasteiger partial charge is 0.383 e. The van der Waals surface area contributed by atoms with Crippen LogP contribution in [0.15, 0.2) is 24.3 Å². The van der Waals surface area contributed by atoms with Crippen molar-refractivity contribution in [2.24, 2.45) is 5.73 Å². The van der Waals surface area contributed by atoms with Crippen LogP contribution in [0.3, 0.4) is 0 Å². The number of nitrogens with zero attached hydrogens (tertiary/aromatic N) is 1. The maximum Gasteiger partial charge on any atom is 0.239 e. The maximum absolute atomic E-state index is 13.2. The van der Waals surface area contributed by atoms with Crippen molar-refractivity contribution in [3.63, 3.8) is 0 Å². The van der Waals surface area contributed by atoms with E-state index in [9.17, 15) is 9.18 Å². The number of ether oxygens (including phenoxy) is 2. The van der Waals surface area contributed by atoms with Crippen LogP contribution in [-0.4, -0.2) is 63.4 Å². The average Bonchev–Trinajstić information content (AvgIpc) is 2.57. The Balaban J connectivity index is 0.00000288. The molecule has 6 nitrogen and oxygen atoms in total. The molecule has 144 valence electrons. The van der Waals surface area contributed by atoms with Crippen LogP contribution in [0.4, 0.5) is 4.39 Å². The summed E-state index contributed by atoms with van der Waals surface area (Å²) in [6, 6.07) is 5.62. The van der Waals surface area contributed by atoms with Crippen molar-refractivity contribution in [3.05, 3.63) is 35.6 Å². The third-order valence-electron chi connectivity index (χ3n) is 3.89. The molecule has 3 N–H and O–H groups in total. The molecule has 0 saturated carbocycles. The Labute approximate surface area is 160 Å². The van der Waals surface area contributed by atoms with Crippen molar-refractivity contribution < 1.29 is 18.7 Å². The normalized spacial score (nSPS) is 16.9. The monoisotopic (exact) mass is 397 g/mol. The quantitative estimate of drug-likeness (QED) is 0.720. The SMILES string of the molecule is COCC(N)C(=O)NCC(c1ccc(F)cc1)N1CCOCC1.Cl.Cl. The Morgan fingerprint density at radius 1 is 1.32 bits per heavy atom. The van der Waals surface area contributed by atoms with Gasteiger partial charge in [-0.15, -0.1) is 24.8 Å². The first-order chi connectivity index (χ1) is 11.1. The number of hydrogen-bond donors (Lipinski definition) is 2. The summed E-state index contributed by atoms with van der Waals surface area (Å²) in [5.74, 6) is -0.534. The predicted octanol–water partition coefficient (Wildman–Crippen LogP) is 1.13. The van der Waals surface area contributed by atoms with Crippen molar-refractivity contribution >= 4 is 30.7 Å². The number of halogens is 3. The number of carbonyl (C=O) groups is 1. The van der Waals surface area contributed by atoms with Gasteiger partial charge in [-0.1, -0.05) is 12.1 Å². The molecule has 1 aromatic carbocycles. The van der Waals surface area contributed by atoms with Gasteiger partial charge in [0, 0.05) is 26.7 Å². The number of amides is 1. The number of nitrogens with two attached hydrogens (primary N) is 1. The molecule has 9 heteroatoms. The lowest BCUT2D eigenvalue weighted by Gasteiger charge is -2.35. The highest BCUT2D eigenvalue weighted by atomic mass is 35.5. The fourth-order valence-electron chi connectivity index (χ4n) is 2.62. The lowest BCUT2D eigenvalue weighted by atomic mass is 10.0. The zero-order valence-corrected chi connectivity index (χ0v) is 15.8. The summed E-state index contributed by atoms with van der Waals surface area (Å²) >= 11 is 0. The van der Waals surface area contributed by atoms with Crippen LogP contribution in [-0.2, 0) is 14.3 Å². The van der Waals surface area contributed by atoms with Crippen molar-refractivity contribution in [2.75, 3.05) is 46.6 Å². The van der Waals surface area contributed by atoms with Gasteiger partial charge in [-0.05, 0) is 17.7 Å². The molecule has 0 radical (unpaired) electrons. The van der Waals surface area contributed by atoms with E-state index in [4.69, 9.17) is 15.2 Å². The first-order valence-corrected chi connectivity index (χ1v) is 7.71. The molecule has 0 bridgehead atoms. The fraction of sp³-hybridized carbons (Fsp3) is 0.562. The summed E-state index contributed by atoms with van der Waals surface area (Å²) in [7, 11) is 1.50. The van der Waals surface area contributed by atoms with E-state index in [1.165, 1.54) is 19.2 Å². The molecule has 2 atom stereocenters. The molecule has 1 heterocycles. The summed E-state index contributed by atoms with van der Waals surface area (Å²) in [5.41, 5.74) is 6.68. The molecule has 1 amide bonds. The van der Waals surface area contributed by atoms with Crippen molar-refractivity contribution in [1.29, 1.82) is 0 Å². The van der Waals surface area contributed by atoms with Crippen LogP contribution in [0.25, 0.3) is 0 Å². The van der Waals surface area contributed by atoms with E-state index in [2.05, 4.69) is 10.2 Å². The second-order valence-corrected chi connectivity index (χ2v) is 5.52. The minimum Gasteiger partial charge on any atom is -0.383 e. The number of morpholine rings is 1. The molecule has 1 aromatic rings. The maximum atomic E-state index is 13.2. The van der Waals surface area contributed by atoms with Gasteiger partial charge in [-0.3, -0.25) is 9.69 Å². The molecule has 0 spiro atoms. The number of methoxy groups -OCH3 is 1. The van der Waals surface area contributed by atoms with Gasteiger partial charge in [0.15, 0.2) is 0 Å². The number of carbonyl (C=O) groups excluding carboxylic acids is 1. The first-order valence-electron chi connectivity index (χ1n) is 7.71. The summed E-state index contributed by atoms with van der Waals surface area (Å²) in [5, 5.41) is 2.86. The van der Waals surface area contributed by atoms with Crippen LogP contribution in [0.1, 0.15) is 11.6 Å². The van der Waals surface area contributed by atoms with Crippen molar-refractivity contribution in [2.45, 2.75) is 12.1 Å². The van der Waals surface area contributed by atoms with E-state index in [0.717, 1.165) is 18.7 Å². The lowest BCUT2D eigenvalue weighted by molar-refractivity contribution is -0.123. The first kappa shape index (κ1) is 24.0. The van der Waals surface area contributed by atoms with Gasteiger partial charge in [0.2, 0.25) is 5.91 Å². The Morgan fingerprint density at radius 2 is 1.92 bits per heavy atom. The molecule has 1 saturated heterocycles. The van der Waals surface area contributed by atoms with Crippen LogP contribution in [0, 0.1) is 5.82 Å². The number of hydrogen-bond acceptors (Lipinski definition) is 5. The molecule has 1 aliphatic heterocycles. The van der Waals surface area contributed by atoms with Crippen LogP contribution in [0.5, 0.6) is 0 Å². The van der Waals surface area contributed by atoms with Crippen LogP contribution in [0.2, 0.25) is 0 Å². The highest BCUT2D eigenvalue weighted by molar-refractivity contribution is 5.85. The zero-order valence-electron chi connectivity index (χ0n) is 14.2. The van der Waals surface area contributed by atoms with E-state index in [1.807, 2.05) is 0 Å². The van der Waals surface area contributed by atoms with Gasteiger partial charge in [0.05, 0.1) is 25.9 Å². The van der Waals surface area contributed by atoms with Crippen LogP contribution < -0.4 is 11.1 Å². The molecule has 25 heavy (non-hydrogen) atoms. The third kappa shape index (κ3) is 7.43. The predicted molar refractivity (Wildman–Crippen MR) is 98.9 cm³/mol. The molecule has 1 aliphatic rings. The van der Waals surface area contributed by atoms with Gasteiger partial charge in [-0.2, -0.15) is 0 Å². The number of benzene rings is 1. The van der Waals surface area contributed by atoms with E-state index < -0.39 is 6.04 Å². The van der Waals surface area contributed by atoms with E-state index in [1.54, 1.807) is 12.1 Å². The lowest BCUT2D eigenvalue weighted by Crippen LogP contribution is -2.48. The molecule has 2 unspecified atom stereocenters. The Kier molecular flexibility index (Phi) is 11.9. The van der Waals surface area contributed by atoms with Crippen LogP contribution >= 0.6 is 24.8 Å². The molecule has 0 aromatic heterocycles. The summed E-state index contributed by atoms with van der Waals surface area (Å²) in [4.78, 5) is 14.2. The van der Waals surface area contributed by atoms with Crippen molar-refractivity contribution in [3.8, 4) is 0 Å². The summed E-state index contributed by atoms with van der Waals surface area (Å²) in [6.45, 7) is 3.40. The molecule has 2 rings (SSSR count). The molecular formula is C16H26Cl2FN3O3. The minimum atomic E-state index is -0.696. The highest BCUT2D eigenvalue weighted by Crippen LogP contribution is 2.21. The second-order valence-electron chi connectivity index (χ2n) is 5.52. The molecule has 0 aliphatic carbocycles. The molecular weight excluding hydrogens is 372 g/mol. The Morgan fingerprint density at radius 3 is 2.48 bits per heavy atom. The highest BCUT2D eigenvalue weighted by Gasteiger charge is 2.24. The van der Waals surface area contributed by atoms with E-state index >= 15 is 0 Å². The van der Waals surface area contributed by atoms with E-state index in [0.29, 0.717) is 19.8 Å². The Hall–Kier alpha value is -0.960. The average molecular weight is 398 g/mol. The topological polar surface area (TPSA) is 76.8 Å². The second kappa shape index (κ2) is 12.4. The van der Waals surface area contributed by atoms with Crippen molar-refractivity contribution in [1.82, 2.24) is 10.2 Å². The zero-order chi connectivity index (χ0) is 16.7. The summed E-state index contributed by atoms with van der Waals surface area (Å²) in [6.07, 6.45) is 0. The fourth-order valence-corrected chi connectivity index (χ4v) is 2.62. The van der Waals surface area contributed by atoms with Gasteiger partial charge in [0.1, 0.15) is 11.9 Å². The summed E-state index contributed by atoms with van der Waals surface area (Å²) < 4.78 is 23.4. The van der Waals surface area contributed by atoms with Gasteiger partial charge in [-0.25, -0.2) is 4.39 Å². The Bertz CT molecular complexity index is 502. The number of nitrogens with one attached hydrogen (secondary N) is 1. The van der Waals surface area contributed by atoms with Gasteiger partial charge < -0.3 is 20.5 Å². The minimum absolute atomic E-state index is 0. The van der Waals surface area contributed by atoms with E-state index in [-0.39, 0.29) is 49.2 Å².